The molecule has 150 valence electrons. The van der Waals surface area contributed by atoms with Crippen molar-refractivity contribution < 1.29 is 10.2 Å². The Kier molecular flexibility index (Phi) is 3.87. The van der Waals surface area contributed by atoms with Gasteiger partial charge < -0.3 is 10.2 Å². The molecule has 0 unspecified atom stereocenters. The van der Waals surface area contributed by atoms with Crippen molar-refractivity contribution in [1.29, 1.82) is 0 Å². The molecular weight excluding hydrogens is 400 g/mol. The van der Waals surface area contributed by atoms with Crippen LogP contribution >= 0.6 is 11.8 Å². The minimum atomic E-state index is -0.399. The summed E-state index contributed by atoms with van der Waals surface area (Å²) in [5.74, 6) is 0.553. The molecule has 0 spiro atoms. The zero-order valence-corrected chi connectivity index (χ0v) is 17.8. The second kappa shape index (κ2) is 6.53. The van der Waals surface area contributed by atoms with Gasteiger partial charge >= 0.3 is 0 Å². The fourth-order valence-electron chi connectivity index (χ4n) is 5.10. The molecule has 0 aliphatic carbocycles. The number of hydrogen-bond donors (Lipinski definition) is 2. The third-order valence-corrected chi connectivity index (χ3v) is 7.62. The normalized spacial score (nSPS) is 14.4. The Labute approximate surface area is 184 Å². The van der Waals surface area contributed by atoms with E-state index in [0.717, 1.165) is 21.5 Å². The Balaban J connectivity index is 1.80. The maximum Gasteiger partial charge on any atom is 0.116 e. The second-order valence-corrected chi connectivity index (χ2v) is 9.37. The van der Waals surface area contributed by atoms with Gasteiger partial charge in [-0.1, -0.05) is 66.4 Å². The van der Waals surface area contributed by atoms with Gasteiger partial charge in [0.2, 0.25) is 0 Å². The molecule has 0 saturated heterocycles. The summed E-state index contributed by atoms with van der Waals surface area (Å²) in [6.45, 7) is 2.30. The summed E-state index contributed by atoms with van der Waals surface area (Å²) in [6.07, 6.45) is 0. The second-order valence-electron chi connectivity index (χ2n) is 8.28. The van der Waals surface area contributed by atoms with E-state index < -0.39 is 5.41 Å². The monoisotopic (exact) mass is 420 g/mol. The molecule has 0 amide bonds. The van der Waals surface area contributed by atoms with Gasteiger partial charge in [0.05, 0.1) is 0 Å². The summed E-state index contributed by atoms with van der Waals surface area (Å²) >= 11 is 1.79. The van der Waals surface area contributed by atoms with Crippen molar-refractivity contribution in [1.82, 2.24) is 0 Å². The summed E-state index contributed by atoms with van der Waals surface area (Å²) < 4.78 is 0. The van der Waals surface area contributed by atoms with Crippen LogP contribution in [-0.4, -0.2) is 10.2 Å². The summed E-state index contributed by atoms with van der Waals surface area (Å²) in [6, 6.07) is 30.5. The predicted octanol–water partition coefficient (Wildman–Crippen LogP) is 7.22. The Hall–Kier alpha value is -3.43. The van der Waals surface area contributed by atoms with Crippen LogP contribution in [0, 0.1) is 0 Å². The lowest BCUT2D eigenvalue weighted by Gasteiger charge is -2.40. The van der Waals surface area contributed by atoms with Gasteiger partial charge in [-0.2, -0.15) is 0 Å². The predicted molar refractivity (Wildman–Crippen MR) is 127 cm³/mol. The molecule has 5 aromatic carbocycles. The summed E-state index contributed by atoms with van der Waals surface area (Å²) in [7, 11) is 0. The van der Waals surface area contributed by atoms with E-state index in [0.29, 0.717) is 0 Å². The van der Waals surface area contributed by atoms with Gasteiger partial charge in [-0.05, 0) is 81.6 Å². The van der Waals surface area contributed by atoms with Gasteiger partial charge in [0.15, 0.2) is 0 Å². The van der Waals surface area contributed by atoms with E-state index in [1.165, 1.54) is 26.5 Å². The number of rotatable bonds is 1. The van der Waals surface area contributed by atoms with Crippen LogP contribution in [0.4, 0.5) is 0 Å². The number of fused-ring (bicyclic) bond motifs is 6. The highest BCUT2D eigenvalue weighted by Crippen LogP contribution is 2.56. The number of aromatic hydroxyl groups is 2. The maximum atomic E-state index is 10.1. The Morgan fingerprint density at radius 3 is 1.65 bits per heavy atom. The zero-order chi connectivity index (χ0) is 21.2. The van der Waals surface area contributed by atoms with Crippen LogP contribution in [0.15, 0.2) is 101 Å². The largest absolute Gasteiger partial charge is 0.508 e. The molecule has 0 aromatic heterocycles. The molecule has 2 nitrogen and oxygen atoms in total. The molecule has 0 atom stereocenters. The van der Waals surface area contributed by atoms with E-state index in [1.807, 2.05) is 24.3 Å². The highest BCUT2D eigenvalue weighted by molar-refractivity contribution is 7.99. The number of benzene rings is 5. The van der Waals surface area contributed by atoms with Gasteiger partial charge in [0, 0.05) is 15.2 Å². The van der Waals surface area contributed by atoms with Gasteiger partial charge in [0.25, 0.3) is 0 Å². The van der Waals surface area contributed by atoms with Crippen molar-refractivity contribution in [3.8, 4) is 11.5 Å². The Morgan fingerprint density at radius 2 is 1.13 bits per heavy atom. The molecule has 0 fully saturated rings. The third-order valence-electron chi connectivity index (χ3n) is 6.50. The van der Waals surface area contributed by atoms with Crippen LogP contribution in [0.5, 0.6) is 11.5 Å². The average molecular weight is 421 g/mol. The standard InChI is InChI=1S/C28H20O2S/c1-28(19-5-3-2-4-6-19)26-22-11-9-20(29)15-17(22)7-13-24(26)31-25-14-8-18-16-21(30)10-12-23(18)27(25)28/h2-16,29-30H,1H3. The molecule has 31 heavy (non-hydrogen) atoms. The number of phenols is 2. The van der Waals surface area contributed by atoms with Crippen molar-refractivity contribution in [2.45, 2.75) is 22.1 Å². The third kappa shape index (κ3) is 2.60. The molecule has 0 saturated carbocycles. The van der Waals surface area contributed by atoms with Gasteiger partial charge in [-0.15, -0.1) is 0 Å². The lowest BCUT2D eigenvalue weighted by Crippen LogP contribution is -2.29. The fraction of sp³-hybridized carbons (Fsp3) is 0.0714. The van der Waals surface area contributed by atoms with Crippen LogP contribution in [0.2, 0.25) is 0 Å². The van der Waals surface area contributed by atoms with Crippen LogP contribution in [-0.2, 0) is 5.41 Å². The van der Waals surface area contributed by atoms with E-state index >= 15 is 0 Å². The topological polar surface area (TPSA) is 40.5 Å². The van der Waals surface area contributed by atoms with Crippen LogP contribution in [0.1, 0.15) is 23.6 Å². The minimum absolute atomic E-state index is 0.277. The average Bonchev–Trinajstić information content (AvgIpc) is 2.79. The van der Waals surface area contributed by atoms with Crippen LogP contribution < -0.4 is 0 Å². The van der Waals surface area contributed by atoms with Gasteiger partial charge in [-0.3, -0.25) is 0 Å². The molecule has 0 radical (unpaired) electrons. The van der Waals surface area contributed by atoms with Crippen molar-refractivity contribution >= 4 is 33.3 Å². The molecule has 6 rings (SSSR count). The van der Waals surface area contributed by atoms with Gasteiger partial charge in [0.1, 0.15) is 11.5 Å². The first-order valence-electron chi connectivity index (χ1n) is 10.3. The molecule has 3 heteroatoms. The lowest BCUT2D eigenvalue weighted by atomic mass is 9.68. The highest BCUT2D eigenvalue weighted by atomic mass is 32.2. The molecule has 0 bridgehead atoms. The molecule has 1 heterocycles. The van der Waals surface area contributed by atoms with Crippen molar-refractivity contribution in [2.24, 2.45) is 0 Å². The SMILES string of the molecule is CC1(c2ccccc2)c2c(ccc3cc(O)ccc23)Sc2ccc3cc(O)ccc3c21. The highest BCUT2D eigenvalue weighted by Gasteiger charge is 2.41. The summed E-state index contributed by atoms with van der Waals surface area (Å²) in [5, 5.41) is 24.5. The quantitative estimate of drug-likeness (QED) is 0.301. The van der Waals surface area contributed by atoms with Gasteiger partial charge in [-0.25, -0.2) is 0 Å². The zero-order valence-electron chi connectivity index (χ0n) is 17.0. The van der Waals surface area contributed by atoms with Crippen molar-refractivity contribution in [2.75, 3.05) is 0 Å². The first-order chi connectivity index (χ1) is 15.1. The molecular formula is C28H20O2S. The lowest BCUT2D eigenvalue weighted by molar-refractivity contribution is 0.475. The molecule has 5 aromatic rings. The minimum Gasteiger partial charge on any atom is -0.508 e. The van der Waals surface area contributed by atoms with Crippen LogP contribution in [0.25, 0.3) is 21.5 Å². The van der Waals surface area contributed by atoms with Crippen molar-refractivity contribution in [3.05, 3.63) is 108 Å². The summed E-state index contributed by atoms with van der Waals surface area (Å²) in [5.41, 5.74) is 3.34. The maximum absolute atomic E-state index is 10.1. The van der Waals surface area contributed by atoms with Crippen molar-refractivity contribution in [3.63, 3.8) is 0 Å². The first-order valence-corrected chi connectivity index (χ1v) is 11.1. The van der Waals surface area contributed by atoms with E-state index in [4.69, 9.17) is 0 Å². The van der Waals surface area contributed by atoms with E-state index in [1.54, 1.807) is 23.9 Å². The molecule has 1 aliphatic rings. The first kappa shape index (κ1) is 18.3. The molecule has 1 aliphatic heterocycles. The fourth-order valence-corrected chi connectivity index (χ4v) is 6.44. The smallest absolute Gasteiger partial charge is 0.116 e. The Morgan fingerprint density at radius 1 is 0.613 bits per heavy atom. The summed E-state index contributed by atoms with van der Waals surface area (Å²) in [4.78, 5) is 2.46. The van der Waals surface area contributed by atoms with E-state index in [9.17, 15) is 10.2 Å². The molecule has 2 N–H and O–H groups in total. The van der Waals surface area contributed by atoms with E-state index in [-0.39, 0.29) is 11.5 Å². The van der Waals surface area contributed by atoms with Crippen LogP contribution in [0.3, 0.4) is 0 Å². The number of hydrogen-bond acceptors (Lipinski definition) is 3. The Bertz CT molecular complexity index is 1400. The van der Waals surface area contributed by atoms with E-state index in [2.05, 4.69) is 61.5 Å². The number of phenolic OH excluding ortho intramolecular Hbond substituents is 2.